The van der Waals surface area contributed by atoms with Crippen molar-refractivity contribution in [3.8, 4) is 0 Å². The molecule has 2 heteroatoms. The second-order valence-corrected chi connectivity index (χ2v) is 2.89. The molecule has 0 N–H and O–H groups in total. The zero-order valence-electron chi connectivity index (χ0n) is 7.09. The van der Waals surface area contributed by atoms with Gasteiger partial charge in [0.1, 0.15) is 0 Å². The number of ether oxygens (including phenoxy) is 1. The van der Waals surface area contributed by atoms with Gasteiger partial charge in [-0.1, -0.05) is 13.0 Å². The van der Waals surface area contributed by atoms with E-state index in [1.165, 1.54) is 7.11 Å². The van der Waals surface area contributed by atoms with Crippen molar-refractivity contribution < 1.29 is 9.53 Å². The van der Waals surface area contributed by atoms with E-state index in [1.54, 1.807) is 0 Å². The Hall–Kier alpha value is -0.790. The van der Waals surface area contributed by atoms with Gasteiger partial charge in [-0.15, -0.1) is 0 Å². The van der Waals surface area contributed by atoms with Crippen LogP contribution in [0.2, 0.25) is 0 Å². The lowest BCUT2D eigenvalue weighted by atomic mass is 10.1. The highest BCUT2D eigenvalue weighted by Gasteiger charge is 2.19. The normalized spacial score (nSPS) is 23.1. The molecule has 0 aromatic rings. The van der Waals surface area contributed by atoms with Gasteiger partial charge in [0.15, 0.2) is 0 Å². The summed E-state index contributed by atoms with van der Waals surface area (Å²) < 4.78 is 4.62. The molecule has 62 valence electrons. The fourth-order valence-electron chi connectivity index (χ4n) is 1.42. The van der Waals surface area contributed by atoms with Gasteiger partial charge >= 0.3 is 5.97 Å². The standard InChI is InChI=1S/C9H14O2/c1-3-7-4-5-8(6-7)9(10)11-2/h6-7H,3-5H2,1-2H3. The molecule has 0 saturated carbocycles. The molecule has 0 fully saturated rings. The van der Waals surface area contributed by atoms with Crippen molar-refractivity contribution in [2.75, 3.05) is 7.11 Å². The summed E-state index contributed by atoms with van der Waals surface area (Å²) in [5.41, 5.74) is 0.861. The van der Waals surface area contributed by atoms with Gasteiger partial charge in [0, 0.05) is 5.57 Å². The fraction of sp³-hybridized carbons (Fsp3) is 0.667. The minimum Gasteiger partial charge on any atom is -0.466 e. The lowest BCUT2D eigenvalue weighted by molar-refractivity contribution is -0.136. The number of hydrogen-bond donors (Lipinski definition) is 0. The zero-order chi connectivity index (χ0) is 8.27. The molecular weight excluding hydrogens is 140 g/mol. The van der Waals surface area contributed by atoms with Crippen LogP contribution in [0.15, 0.2) is 11.6 Å². The summed E-state index contributed by atoms with van der Waals surface area (Å²) in [6.45, 7) is 2.14. The smallest absolute Gasteiger partial charge is 0.333 e. The van der Waals surface area contributed by atoms with E-state index in [-0.39, 0.29) is 5.97 Å². The number of hydrogen-bond acceptors (Lipinski definition) is 2. The number of carbonyl (C=O) groups excluding carboxylic acids is 1. The second kappa shape index (κ2) is 3.56. The largest absolute Gasteiger partial charge is 0.466 e. The highest BCUT2D eigenvalue weighted by Crippen LogP contribution is 2.26. The van der Waals surface area contributed by atoms with E-state index >= 15 is 0 Å². The maximum absolute atomic E-state index is 11.0. The third-order valence-corrected chi connectivity index (χ3v) is 2.19. The fourth-order valence-corrected chi connectivity index (χ4v) is 1.42. The van der Waals surface area contributed by atoms with E-state index in [0.29, 0.717) is 5.92 Å². The van der Waals surface area contributed by atoms with Crippen LogP contribution in [-0.4, -0.2) is 13.1 Å². The van der Waals surface area contributed by atoms with Crippen molar-refractivity contribution in [2.45, 2.75) is 26.2 Å². The van der Waals surface area contributed by atoms with Crippen molar-refractivity contribution in [3.63, 3.8) is 0 Å². The van der Waals surface area contributed by atoms with E-state index in [9.17, 15) is 4.79 Å². The van der Waals surface area contributed by atoms with E-state index in [1.807, 2.05) is 6.08 Å². The van der Waals surface area contributed by atoms with Gasteiger partial charge in [0.05, 0.1) is 7.11 Å². The van der Waals surface area contributed by atoms with Gasteiger partial charge in [-0.05, 0) is 25.2 Å². The van der Waals surface area contributed by atoms with Crippen molar-refractivity contribution >= 4 is 5.97 Å². The Morgan fingerprint density at radius 2 is 2.55 bits per heavy atom. The van der Waals surface area contributed by atoms with Crippen molar-refractivity contribution in [1.82, 2.24) is 0 Å². The Morgan fingerprint density at radius 1 is 1.82 bits per heavy atom. The molecule has 0 aromatic carbocycles. The first-order valence-corrected chi connectivity index (χ1v) is 4.07. The van der Waals surface area contributed by atoms with Crippen LogP contribution in [-0.2, 0) is 9.53 Å². The lowest BCUT2D eigenvalue weighted by Gasteiger charge is -1.97. The summed E-state index contributed by atoms with van der Waals surface area (Å²) in [5, 5.41) is 0. The quantitative estimate of drug-likeness (QED) is 0.568. The molecule has 1 rings (SSSR count). The van der Waals surface area contributed by atoms with Gasteiger partial charge < -0.3 is 4.74 Å². The van der Waals surface area contributed by atoms with E-state index in [2.05, 4.69) is 11.7 Å². The molecule has 0 aromatic heterocycles. The molecule has 0 radical (unpaired) electrons. The van der Waals surface area contributed by atoms with Crippen LogP contribution in [0.4, 0.5) is 0 Å². The van der Waals surface area contributed by atoms with E-state index in [4.69, 9.17) is 0 Å². The first-order chi connectivity index (χ1) is 5.27. The maximum Gasteiger partial charge on any atom is 0.333 e. The van der Waals surface area contributed by atoms with Crippen LogP contribution >= 0.6 is 0 Å². The molecule has 0 saturated heterocycles. The Labute approximate surface area is 67.2 Å². The van der Waals surface area contributed by atoms with Gasteiger partial charge in [-0.2, -0.15) is 0 Å². The molecule has 1 unspecified atom stereocenters. The number of carbonyl (C=O) groups is 1. The SMILES string of the molecule is CCC1C=C(C(=O)OC)CC1. The van der Waals surface area contributed by atoms with Crippen molar-refractivity contribution in [3.05, 3.63) is 11.6 Å². The molecule has 2 nitrogen and oxygen atoms in total. The Bertz CT molecular complexity index is 182. The van der Waals surface area contributed by atoms with Crippen LogP contribution < -0.4 is 0 Å². The third-order valence-electron chi connectivity index (χ3n) is 2.19. The summed E-state index contributed by atoms with van der Waals surface area (Å²) in [6, 6.07) is 0. The number of allylic oxidation sites excluding steroid dienone is 1. The van der Waals surface area contributed by atoms with Gasteiger partial charge in [-0.25, -0.2) is 4.79 Å². The molecule has 0 heterocycles. The average Bonchev–Trinajstić information content (AvgIpc) is 2.50. The predicted molar refractivity (Wildman–Crippen MR) is 43.1 cm³/mol. The third kappa shape index (κ3) is 1.82. The summed E-state index contributed by atoms with van der Waals surface area (Å²) >= 11 is 0. The lowest BCUT2D eigenvalue weighted by Crippen LogP contribution is -2.01. The molecule has 0 amide bonds. The zero-order valence-corrected chi connectivity index (χ0v) is 7.09. The molecule has 1 aliphatic carbocycles. The van der Waals surface area contributed by atoms with E-state index < -0.39 is 0 Å². The molecule has 11 heavy (non-hydrogen) atoms. The number of esters is 1. The van der Waals surface area contributed by atoms with Crippen LogP contribution in [0.5, 0.6) is 0 Å². The Morgan fingerprint density at radius 3 is 3.00 bits per heavy atom. The minimum atomic E-state index is -0.152. The van der Waals surface area contributed by atoms with E-state index in [0.717, 1.165) is 24.8 Å². The van der Waals surface area contributed by atoms with Crippen LogP contribution in [0.1, 0.15) is 26.2 Å². The molecular formula is C9H14O2. The first-order valence-electron chi connectivity index (χ1n) is 4.07. The van der Waals surface area contributed by atoms with Crippen LogP contribution in [0.25, 0.3) is 0 Å². The first kappa shape index (κ1) is 8.31. The summed E-state index contributed by atoms with van der Waals surface area (Å²) in [4.78, 5) is 11.0. The van der Waals surface area contributed by atoms with Crippen LogP contribution in [0.3, 0.4) is 0 Å². The van der Waals surface area contributed by atoms with Crippen molar-refractivity contribution in [2.24, 2.45) is 5.92 Å². The van der Waals surface area contributed by atoms with Crippen molar-refractivity contribution in [1.29, 1.82) is 0 Å². The summed E-state index contributed by atoms with van der Waals surface area (Å²) in [5.74, 6) is 0.449. The molecule has 0 bridgehead atoms. The Balaban J connectivity index is 2.54. The Kier molecular flexibility index (Phi) is 2.69. The predicted octanol–water partition coefficient (Wildman–Crippen LogP) is 1.91. The molecule has 0 aliphatic heterocycles. The average molecular weight is 154 g/mol. The highest BCUT2D eigenvalue weighted by molar-refractivity contribution is 5.88. The topological polar surface area (TPSA) is 26.3 Å². The maximum atomic E-state index is 11.0. The van der Waals surface area contributed by atoms with Crippen LogP contribution in [0, 0.1) is 5.92 Å². The van der Waals surface area contributed by atoms with Gasteiger partial charge in [-0.3, -0.25) is 0 Å². The molecule has 1 aliphatic rings. The molecule has 0 spiro atoms. The highest BCUT2D eigenvalue weighted by atomic mass is 16.5. The second-order valence-electron chi connectivity index (χ2n) is 2.89. The summed E-state index contributed by atoms with van der Waals surface area (Å²) in [6.07, 6.45) is 5.18. The summed E-state index contributed by atoms with van der Waals surface area (Å²) in [7, 11) is 1.43. The molecule has 1 atom stereocenters. The van der Waals surface area contributed by atoms with Gasteiger partial charge in [0.25, 0.3) is 0 Å². The van der Waals surface area contributed by atoms with Gasteiger partial charge in [0.2, 0.25) is 0 Å². The monoisotopic (exact) mass is 154 g/mol. The minimum absolute atomic E-state index is 0.152. The number of methoxy groups -OCH3 is 1. The number of rotatable bonds is 2.